The van der Waals surface area contributed by atoms with Crippen molar-refractivity contribution in [2.24, 2.45) is 0 Å². The maximum atomic E-state index is 11.3. The van der Waals surface area contributed by atoms with Gasteiger partial charge in [-0.2, -0.15) is 0 Å². The van der Waals surface area contributed by atoms with Crippen molar-refractivity contribution in [1.82, 2.24) is 0 Å². The number of rotatable bonds is 14. The number of carbonyl (C=O) groups is 1. The molecular weight excluding hydrogens is 428 g/mol. The predicted molar refractivity (Wildman–Crippen MR) is 133 cm³/mol. The second kappa shape index (κ2) is 13.5. The van der Waals surface area contributed by atoms with Crippen molar-refractivity contribution in [2.45, 2.75) is 12.5 Å². The van der Waals surface area contributed by atoms with Crippen LogP contribution >= 0.6 is 0 Å². The molecular formula is C29H32O5. The average molecular weight is 461 g/mol. The van der Waals surface area contributed by atoms with Crippen LogP contribution in [0.1, 0.15) is 23.6 Å². The molecule has 0 aliphatic carbocycles. The van der Waals surface area contributed by atoms with E-state index in [4.69, 9.17) is 18.9 Å². The van der Waals surface area contributed by atoms with Gasteiger partial charge in [-0.25, -0.2) is 4.79 Å². The standard InChI is InChI=1S/C29H32O5/c1-24(2)28(30)33-22-20-31-18-19-32-21-23-34-29(25-12-6-3-7-13-25,26-14-8-4-9-15-26)27-16-10-5-11-17-27/h3-17H,1,18-23H2,2H3. The van der Waals surface area contributed by atoms with E-state index >= 15 is 0 Å². The Labute approximate surface area is 201 Å². The molecule has 0 aromatic heterocycles. The van der Waals surface area contributed by atoms with Crippen molar-refractivity contribution >= 4 is 5.97 Å². The first-order valence-electron chi connectivity index (χ1n) is 11.4. The average Bonchev–Trinajstić information content (AvgIpc) is 2.89. The number of carbonyl (C=O) groups excluding carboxylic acids is 1. The lowest BCUT2D eigenvalue weighted by Gasteiger charge is -2.36. The molecule has 0 amide bonds. The molecule has 178 valence electrons. The Kier molecular flexibility index (Phi) is 10.0. The lowest BCUT2D eigenvalue weighted by atomic mass is 9.80. The Bertz CT molecular complexity index is 906. The van der Waals surface area contributed by atoms with Crippen LogP contribution < -0.4 is 0 Å². The van der Waals surface area contributed by atoms with Gasteiger partial charge in [-0.1, -0.05) is 97.6 Å². The molecule has 3 aromatic rings. The summed E-state index contributed by atoms with van der Waals surface area (Å²) in [6.07, 6.45) is 0. The molecule has 5 heteroatoms. The van der Waals surface area contributed by atoms with Crippen LogP contribution in [-0.2, 0) is 29.3 Å². The van der Waals surface area contributed by atoms with E-state index in [2.05, 4.69) is 43.0 Å². The van der Waals surface area contributed by atoms with Crippen LogP contribution in [0.25, 0.3) is 0 Å². The molecule has 0 saturated carbocycles. The van der Waals surface area contributed by atoms with Crippen molar-refractivity contribution in [3.05, 3.63) is 120 Å². The lowest BCUT2D eigenvalue weighted by molar-refractivity contribution is -0.140. The summed E-state index contributed by atoms with van der Waals surface area (Å²) in [7, 11) is 0. The van der Waals surface area contributed by atoms with Gasteiger partial charge in [0.1, 0.15) is 12.2 Å². The first kappa shape index (κ1) is 25.4. The Hall–Kier alpha value is -3.25. The van der Waals surface area contributed by atoms with Crippen LogP contribution in [0.15, 0.2) is 103 Å². The minimum atomic E-state index is -0.753. The molecule has 0 bridgehead atoms. The second-order valence-electron chi connectivity index (χ2n) is 7.77. The predicted octanol–water partition coefficient (Wildman–Crippen LogP) is 5.15. The smallest absolute Gasteiger partial charge is 0.333 e. The minimum absolute atomic E-state index is 0.197. The minimum Gasteiger partial charge on any atom is -0.460 e. The molecule has 0 atom stereocenters. The fraction of sp³-hybridized carbons (Fsp3) is 0.276. The van der Waals surface area contributed by atoms with Crippen LogP contribution in [0.5, 0.6) is 0 Å². The molecule has 34 heavy (non-hydrogen) atoms. The van der Waals surface area contributed by atoms with Gasteiger partial charge in [0.2, 0.25) is 0 Å². The summed E-state index contributed by atoms with van der Waals surface area (Å²) >= 11 is 0. The van der Waals surface area contributed by atoms with Crippen molar-refractivity contribution in [1.29, 1.82) is 0 Å². The van der Waals surface area contributed by atoms with Crippen LogP contribution in [-0.4, -0.2) is 45.6 Å². The Morgan fingerprint density at radius 1 is 0.647 bits per heavy atom. The van der Waals surface area contributed by atoms with E-state index in [1.807, 2.05) is 54.6 Å². The third kappa shape index (κ3) is 6.87. The quantitative estimate of drug-likeness (QED) is 0.144. The Morgan fingerprint density at radius 2 is 1.03 bits per heavy atom. The first-order chi connectivity index (χ1) is 16.6. The fourth-order valence-corrected chi connectivity index (χ4v) is 3.66. The molecule has 3 aromatic carbocycles. The Balaban J connectivity index is 1.59. The van der Waals surface area contributed by atoms with Crippen LogP contribution in [0.4, 0.5) is 0 Å². The maximum Gasteiger partial charge on any atom is 0.333 e. The van der Waals surface area contributed by atoms with E-state index in [9.17, 15) is 4.79 Å². The normalized spacial score (nSPS) is 11.2. The number of hydrogen-bond acceptors (Lipinski definition) is 5. The molecule has 0 unspecified atom stereocenters. The molecule has 5 nitrogen and oxygen atoms in total. The lowest BCUT2D eigenvalue weighted by Crippen LogP contribution is -2.34. The third-order valence-corrected chi connectivity index (χ3v) is 5.27. The largest absolute Gasteiger partial charge is 0.460 e. The summed E-state index contributed by atoms with van der Waals surface area (Å²) in [5.74, 6) is -0.407. The molecule has 0 fully saturated rings. The summed E-state index contributed by atoms with van der Waals surface area (Å²) in [6, 6.07) is 30.7. The summed E-state index contributed by atoms with van der Waals surface area (Å²) in [5.41, 5.74) is 2.79. The van der Waals surface area contributed by atoms with E-state index in [0.717, 1.165) is 16.7 Å². The fourth-order valence-electron chi connectivity index (χ4n) is 3.66. The summed E-state index contributed by atoms with van der Waals surface area (Å²) < 4.78 is 22.8. The SMILES string of the molecule is C=C(C)C(=O)OCCOCCOCCOC(c1ccccc1)(c1ccccc1)c1ccccc1. The van der Waals surface area contributed by atoms with Gasteiger partial charge in [-0.15, -0.1) is 0 Å². The van der Waals surface area contributed by atoms with Gasteiger partial charge in [0.05, 0.1) is 33.0 Å². The molecule has 0 radical (unpaired) electrons. The number of benzene rings is 3. The van der Waals surface area contributed by atoms with Crippen LogP contribution in [0.2, 0.25) is 0 Å². The molecule has 0 heterocycles. The monoisotopic (exact) mass is 460 g/mol. The highest BCUT2D eigenvalue weighted by Crippen LogP contribution is 2.40. The zero-order valence-electron chi connectivity index (χ0n) is 19.7. The third-order valence-electron chi connectivity index (χ3n) is 5.27. The van der Waals surface area contributed by atoms with Crippen molar-refractivity contribution in [2.75, 3.05) is 39.6 Å². The zero-order chi connectivity index (χ0) is 24.1. The summed E-state index contributed by atoms with van der Waals surface area (Å²) in [6.45, 7) is 7.32. The topological polar surface area (TPSA) is 54.0 Å². The van der Waals surface area contributed by atoms with Gasteiger partial charge in [0.15, 0.2) is 0 Å². The van der Waals surface area contributed by atoms with E-state index in [1.165, 1.54) is 0 Å². The second-order valence-corrected chi connectivity index (χ2v) is 7.77. The Morgan fingerprint density at radius 3 is 1.44 bits per heavy atom. The highest BCUT2D eigenvalue weighted by atomic mass is 16.6. The van der Waals surface area contributed by atoms with E-state index in [-0.39, 0.29) is 6.61 Å². The van der Waals surface area contributed by atoms with Crippen LogP contribution in [0.3, 0.4) is 0 Å². The van der Waals surface area contributed by atoms with Gasteiger partial charge in [0.25, 0.3) is 0 Å². The maximum absolute atomic E-state index is 11.3. The molecule has 0 N–H and O–H groups in total. The van der Waals surface area contributed by atoms with Gasteiger partial charge in [-0.05, 0) is 23.6 Å². The first-order valence-corrected chi connectivity index (χ1v) is 11.4. The van der Waals surface area contributed by atoms with Gasteiger partial charge in [0, 0.05) is 5.57 Å². The highest BCUT2D eigenvalue weighted by molar-refractivity contribution is 5.86. The molecule has 0 spiro atoms. The highest BCUT2D eigenvalue weighted by Gasteiger charge is 2.37. The molecule has 0 aliphatic rings. The number of hydrogen-bond donors (Lipinski definition) is 0. The van der Waals surface area contributed by atoms with Crippen molar-refractivity contribution in [3.63, 3.8) is 0 Å². The van der Waals surface area contributed by atoms with Crippen LogP contribution in [0, 0.1) is 0 Å². The van der Waals surface area contributed by atoms with Gasteiger partial charge < -0.3 is 18.9 Å². The molecule has 3 rings (SSSR count). The number of esters is 1. The zero-order valence-corrected chi connectivity index (χ0v) is 19.7. The van der Waals surface area contributed by atoms with E-state index in [1.54, 1.807) is 6.92 Å². The van der Waals surface area contributed by atoms with Gasteiger partial charge >= 0.3 is 5.97 Å². The molecule has 0 aliphatic heterocycles. The number of ether oxygens (including phenoxy) is 4. The van der Waals surface area contributed by atoms with Crippen molar-refractivity contribution < 1.29 is 23.7 Å². The van der Waals surface area contributed by atoms with Gasteiger partial charge in [-0.3, -0.25) is 0 Å². The van der Waals surface area contributed by atoms with E-state index < -0.39 is 11.6 Å². The van der Waals surface area contributed by atoms with Crippen molar-refractivity contribution in [3.8, 4) is 0 Å². The summed E-state index contributed by atoms with van der Waals surface area (Å²) in [4.78, 5) is 11.3. The summed E-state index contributed by atoms with van der Waals surface area (Å²) in [5, 5.41) is 0. The van der Waals surface area contributed by atoms with E-state index in [0.29, 0.717) is 38.6 Å². The molecule has 0 saturated heterocycles.